The molecular formula is C75H57O16P. The molecule has 9 rings (SSSR count). The number of esters is 6. The van der Waals surface area contributed by atoms with E-state index in [2.05, 4.69) is 39.5 Å². The van der Waals surface area contributed by atoms with Crippen LogP contribution >= 0.6 is 7.82 Å². The van der Waals surface area contributed by atoms with Gasteiger partial charge in [0.1, 0.15) is 34.5 Å². The minimum absolute atomic E-state index is 0.261. The molecule has 0 bridgehead atoms. The van der Waals surface area contributed by atoms with Gasteiger partial charge in [-0.3, -0.25) is 13.6 Å². The highest BCUT2D eigenvalue weighted by atomic mass is 31.2. The van der Waals surface area contributed by atoms with Crippen molar-refractivity contribution in [3.05, 3.63) is 293 Å². The predicted molar refractivity (Wildman–Crippen MR) is 349 cm³/mol. The van der Waals surface area contributed by atoms with Crippen molar-refractivity contribution < 1.29 is 75.3 Å². The fourth-order valence-electron chi connectivity index (χ4n) is 9.21. The molecular weight excluding hydrogens is 1190 g/mol. The molecule has 9 aromatic carbocycles. The zero-order valence-corrected chi connectivity index (χ0v) is 50.3. The SMILES string of the molecule is C=CC(=O)Oc1ccc(-c2ccc(COP(=O)(OCc3ccc(-c4ccc(OC(=O)C=C)cc4)cc3-c3ccc(OC(=O)C=C)cc3)OCc3ccc(-c4ccc(OC(=O)C=C)cc4)cc3-c3ccc(OC(=O)C=C)cc3)c(-c3ccc(OC(=O)C=C)cc3)c2)cc1. The molecule has 0 aliphatic carbocycles. The Labute approximate surface area is 530 Å². The lowest BCUT2D eigenvalue weighted by Gasteiger charge is -2.22. The summed E-state index contributed by atoms with van der Waals surface area (Å²) < 4.78 is 67.5. The van der Waals surface area contributed by atoms with Gasteiger partial charge in [0.05, 0.1) is 19.8 Å². The maximum Gasteiger partial charge on any atom is 0.475 e. The summed E-state index contributed by atoms with van der Waals surface area (Å²) in [5, 5.41) is 0. The predicted octanol–water partition coefficient (Wildman–Crippen LogP) is 16.3. The van der Waals surface area contributed by atoms with Crippen LogP contribution in [0.3, 0.4) is 0 Å². The molecule has 9 aromatic rings. The van der Waals surface area contributed by atoms with Gasteiger partial charge in [0.25, 0.3) is 0 Å². The van der Waals surface area contributed by atoms with E-state index in [0.717, 1.165) is 69.8 Å². The van der Waals surface area contributed by atoms with Crippen LogP contribution in [0, 0.1) is 0 Å². The number of ether oxygens (including phenoxy) is 6. The van der Waals surface area contributed by atoms with Crippen LogP contribution in [0.2, 0.25) is 0 Å². The molecule has 0 saturated carbocycles. The maximum absolute atomic E-state index is 15.9. The summed E-state index contributed by atoms with van der Waals surface area (Å²) >= 11 is 0. The Morgan fingerprint density at radius 1 is 0.261 bits per heavy atom. The molecule has 0 aromatic heterocycles. The Morgan fingerprint density at radius 2 is 0.435 bits per heavy atom. The topological polar surface area (TPSA) is 203 Å². The third kappa shape index (κ3) is 17.1. The molecule has 92 heavy (non-hydrogen) atoms. The first-order valence-corrected chi connectivity index (χ1v) is 29.6. The molecule has 458 valence electrons. The average Bonchev–Trinajstić information content (AvgIpc) is 1.17. The van der Waals surface area contributed by atoms with E-state index in [4.69, 9.17) is 42.0 Å². The number of carbonyl (C=O) groups excluding carboxylic acids is 6. The normalized spacial score (nSPS) is 10.8. The highest BCUT2D eigenvalue weighted by Crippen LogP contribution is 2.53. The molecule has 0 atom stereocenters. The fraction of sp³-hybridized carbons (Fsp3) is 0.0400. The molecule has 16 nitrogen and oxygen atoms in total. The first kappa shape index (κ1) is 64.8. The van der Waals surface area contributed by atoms with Crippen LogP contribution in [0.15, 0.2) is 276 Å². The Bertz CT molecular complexity index is 3900. The van der Waals surface area contributed by atoms with E-state index in [-0.39, 0.29) is 37.1 Å². The van der Waals surface area contributed by atoms with Crippen LogP contribution < -0.4 is 28.4 Å². The largest absolute Gasteiger partial charge is 0.475 e. The first-order chi connectivity index (χ1) is 44.5. The summed E-state index contributed by atoms with van der Waals surface area (Å²) in [5.74, 6) is -2.07. The van der Waals surface area contributed by atoms with Crippen LogP contribution in [0.5, 0.6) is 34.5 Å². The zero-order valence-electron chi connectivity index (χ0n) is 49.4. The van der Waals surface area contributed by atoms with Gasteiger partial charge in [0, 0.05) is 36.5 Å². The highest BCUT2D eigenvalue weighted by molar-refractivity contribution is 7.48. The quantitative estimate of drug-likeness (QED) is 0.0203. The number of phosphoric ester groups is 1. The van der Waals surface area contributed by atoms with E-state index in [1.165, 1.54) is 0 Å². The van der Waals surface area contributed by atoms with Crippen molar-refractivity contribution in [2.45, 2.75) is 19.8 Å². The van der Waals surface area contributed by atoms with E-state index in [1.807, 2.05) is 36.4 Å². The summed E-state index contributed by atoms with van der Waals surface area (Å²) in [6.07, 6.45) is 6.36. The van der Waals surface area contributed by atoms with E-state index in [0.29, 0.717) is 67.3 Å². The lowest BCUT2D eigenvalue weighted by molar-refractivity contribution is -0.129. The van der Waals surface area contributed by atoms with Crippen molar-refractivity contribution in [3.8, 4) is 101 Å². The molecule has 0 saturated heterocycles. The van der Waals surface area contributed by atoms with Crippen molar-refractivity contribution in [2.75, 3.05) is 0 Å². The monoisotopic (exact) mass is 1240 g/mol. The van der Waals surface area contributed by atoms with Crippen LogP contribution in [-0.4, -0.2) is 35.8 Å². The molecule has 0 N–H and O–H groups in total. The molecule has 0 heterocycles. The summed E-state index contributed by atoms with van der Waals surface area (Å²) in [7, 11) is -4.75. The summed E-state index contributed by atoms with van der Waals surface area (Å²) in [4.78, 5) is 72.5. The number of phosphoric acid groups is 1. The van der Waals surface area contributed by atoms with Crippen LogP contribution in [0.4, 0.5) is 0 Å². The zero-order chi connectivity index (χ0) is 65.2. The van der Waals surface area contributed by atoms with Gasteiger partial charge in [-0.05, 0) is 174 Å². The average molecular weight is 1250 g/mol. The van der Waals surface area contributed by atoms with Gasteiger partial charge >= 0.3 is 43.6 Å². The third-order valence-electron chi connectivity index (χ3n) is 13.8. The first-order valence-electron chi connectivity index (χ1n) is 28.2. The van der Waals surface area contributed by atoms with Crippen molar-refractivity contribution in [2.24, 2.45) is 0 Å². The molecule has 0 aliphatic rings. The Balaban J connectivity index is 1.12. The molecule has 17 heteroatoms. The van der Waals surface area contributed by atoms with Crippen LogP contribution in [-0.2, 0) is 66.7 Å². The second kappa shape index (κ2) is 30.5. The second-order valence-electron chi connectivity index (χ2n) is 19.8. The van der Waals surface area contributed by atoms with Gasteiger partial charge in [-0.25, -0.2) is 33.3 Å². The van der Waals surface area contributed by atoms with Gasteiger partial charge in [0.15, 0.2) is 0 Å². The molecule has 0 amide bonds. The minimum Gasteiger partial charge on any atom is -0.423 e. The smallest absolute Gasteiger partial charge is 0.423 e. The number of carbonyl (C=O) groups is 6. The van der Waals surface area contributed by atoms with E-state index in [1.54, 1.807) is 164 Å². The fourth-order valence-corrected chi connectivity index (χ4v) is 10.3. The maximum atomic E-state index is 15.9. The van der Waals surface area contributed by atoms with Crippen molar-refractivity contribution in [3.63, 3.8) is 0 Å². The number of rotatable bonds is 27. The van der Waals surface area contributed by atoms with Gasteiger partial charge in [-0.2, -0.15) is 0 Å². The van der Waals surface area contributed by atoms with Crippen LogP contribution in [0.1, 0.15) is 16.7 Å². The molecule has 0 aliphatic heterocycles. The second-order valence-corrected chi connectivity index (χ2v) is 21.4. The number of benzene rings is 9. The van der Waals surface area contributed by atoms with Gasteiger partial charge in [-0.15, -0.1) is 0 Å². The Morgan fingerprint density at radius 3 is 0.620 bits per heavy atom. The summed E-state index contributed by atoms with van der Waals surface area (Å²) in [5.41, 5.74) is 9.94. The molecule has 0 unspecified atom stereocenters. The molecule has 0 spiro atoms. The van der Waals surface area contributed by atoms with E-state index in [9.17, 15) is 28.8 Å². The third-order valence-corrected chi connectivity index (χ3v) is 15.2. The molecule has 0 fully saturated rings. The van der Waals surface area contributed by atoms with E-state index < -0.39 is 43.6 Å². The van der Waals surface area contributed by atoms with Crippen molar-refractivity contribution in [1.29, 1.82) is 0 Å². The highest BCUT2D eigenvalue weighted by Gasteiger charge is 2.30. The summed E-state index contributed by atoms with van der Waals surface area (Å²) in [6.45, 7) is 19.8. The molecule has 0 radical (unpaired) electrons. The number of hydrogen-bond donors (Lipinski definition) is 0. The minimum atomic E-state index is -4.75. The van der Waals surface area contributed by atoms with Gasteiger partial charge in [-0.1, -0.05) is 149 Å². The number of hydrogen-bond acceptors (Lipinski definition) is 16. The Kier molecular flexibility index (Phi) is 21.5. The van der Waals surface area contributed by atoms with Crippen LogP contribution in [0.25, 0.3) is 66.8 Å². The van der Waals surface area contributed by atoms with E-state index >= 15 is 4.57 Å². The standard InChI is InChI=1S/C75H57O16P/c1-7-70(76)86-61-31-19-49(20-32-61)55-13-16-58(67(43-55)52-25-37-64(38-26-52)89-73(79)10-4)46-83-92(82,84-47-59-17-14-56(50-21-33-62(34-22-50)87-71(77)8-2)44-68(59)53-27-39-65(40-28-53)90-74(80)11-5)85-48-60-18-15-57(51-23-35-63(36-24-51)88-72(78)9-3)45-69(60)54-29-41-66(42-30-54)91-75(81)12-6/h7-45H,1-6,46-48H2. The lowest BCUT2D eigenvalue weighted by atomic mass is 9.95. The van der Waals surface area contributed by atoms with Gasteiger partial charge in [0.2, 0.25) is 0 Å². The van der Waals surface area contributed by atoms with Crippen molar-refractivity contribution >= 4 is 43.6 Å². The Hall–Kier alpha value is -11.7. The summed E-state index contributed by atoms with van der Waals surface area (Å²) in [6, 6.07) is 57.5. The lowest BCUT2D eigenvalue weighted by Crippen LogP contribution is -2.05. The van der Waals surface area contributed by atoms with Crippen molar-refractivity contribution in [1.82, 2.24) is 0 Å². The van der Waals surface area contributed by atoms with Gasteiger partial charge < -0.3 is 28.4 Å².